The largest absolute Gasteiger partial charge is 0.0613 e. The van der Waals surface area contributed by atoms with Gasteiger partial charge >= 0.3 is 0 Å². The maximum atomic E-state index is 3.69. The first-order chi connectivity index (χ1) is 9.52. The van der Waals surface area contributed by atoms with E-state index in [2.05, 4.69) is 86.1 Å². The molecule has 0 N–H and O–H groups in total. The number of rotatable bonds is 3. The quantitative estimate of drug-likeness (QED) is 0.644. The molecule has 0 aromatic heterocycles. The van der Waals surface area contributed by atoms with Crippen molar-refractivity contribution in [1.82, 2.24) is 0 Å². The van der Waals surface area contributed by atoms with Crippen molar-refractivity contribution in [1.29, 1.82) is 0 Å². The Bertz CT molecular complexity index is 629. The second-order valence-electron chi connectivity index (χ2n) is 5.29. The highest BCUT2D eigenvalue weighted by Crippen LogP contribution is 2.32. The average molecular weight is 329 g/mol. The minimum absolute atomic E-state index is 1.05. The van der Waals surface area contributed by atoms with Gasteiger partial charge in [0.25, 0.3) is 0 Å². The highest BCUT2D eigenvalue weighted by Gasteiger charge is 2.11. The molecule has 0 radical (unpaired) electrons. The molecule has 0 saturated heterocycles. The van der Waals surface area contributed by atoms with Crippen LogP contribution in [0, 0.1) is 13.8 Å². The van der Waals surface area contributed by atoms with E-state index >= 15 is 0 Å². The number of aryl methyl sites for hydroxylation is 3. The third-order valence-electron chi connectivity index (χ3n) is 3.60. The van der Waals surface area contributed by atoms with Crippen LogP contribution in [-0.2, 0) is 6.42 Å². The van der Waals surface area contributed by atoms with E-state index < -0.39 is 0 Å². The lowest BCUT2D eigenvalue weighted by Gasteiger charge is -2.15. The summed E-state index contributed by atoms with van der Waals surface area (Å²) in [4.78, 5) is 0. The van der Waals surface area contributed by atoms with Crippen LogP contribution in [0.1, 0.15) is 41.7 Å². The Kier molecular flexibility index (Phi) is 4.82. The zero-order valence-corrected chi connectivity index (χ0v) is 14.2. The van der Waals surface area contributed by atoms with E-state index in [1.807, 2.05) is 0 Å². The molecule has 0 nitrogen and oxygen atoms in total. The molecule has 104 valence electrons. The predicted octanol–water partition coefficient (Wildman–Crippen LogP) is 6.04. The molecule has 0 saturated carbocycles. The Morgan fingerprint density at radius 1 is 0.950 bits per heavy atom. The number of hydrogen-bond acceptors (Lipinski definition) is 0. The van der Waals surface area contributed by atoms with Crippen molar-refractivity contribution < 1.29 is 0 Å². The second kappa shape index (κ2) is 6.41. The molecule has 1 heteroatoms. The van der Waals surface area contributed by atoms with Gasteiger partial charge in [0.15, 0.2) is 0 Å². The first-order valence-electron chi connectivity index (χ1n) is 7.06. The Labute approximate surface area is 130 Å². The van der Waals surface area contributed by atoms with Gasteiger partial charge in [-0.2, -0.15) is 0 Å². The number of hydrogen-bond donors (Lipinski definition) is 0. The number of halogens is 1. The van der Waals surface area contributed by atoms with Crippen LogP contribution in [-0.4, -0.2) is 0 Å². The summed E-state index contributed by atoms with van der Waals surface area (Å²) in [7, 11) is 0. The van der Waals surface area contributed by atoms with Crippen LogP contribution >= 0.6 is 15.9 Å². The van der Waals surface area contributed by atoms with Gasteiger partial charge < -0.3 is 0 Å². The fourth-order valence-corrected chi connectivity index (χ4v) is 2.96. The Morgan fingerprint density at radius 2 is 1.55 bits per heavy atom. The van der Waals surface area contributed by atoms with Gasteiger partial charge in [-0.05, 0) is 49.5 Å². The minimum atomic E-state index is 1.05. The maximum absolute atomic E-state index is 3.69. The van der Waals surface area contributed by atoms with Crippen LogP contribution in [0.4, 0.5) is 0 Å². The van der Waals surface area contributed by atoms with Crippen LogP contribution in [0.5, 0.6) is 0 Å². The summed E-state index contributed by atoms with van der Waals surface area (Å²) in [6, 6.07) is 15.5. The molecular formula is C19H21Br. The van der Waals surface area contributed by atoms with Crippen molar-refractivity contribution in [2.75, 3.05) is 0 Å². The van der Waals surface area contributed by atoms with Gasteiger partial charge in [0, 0.05) is 4.48 Å². The molecule has 20 heavy (non-hydrogen) atoms. The third-order valence-corrected chi connectivity index (χ3v) is 3.99. The lowest BCUT2D eigenvalue weighted by Crippen LogP contribution is -1.96. The molecule has 0 spiro atoms. The molecule has 0 unspecified atom stereocenters. The Balaban J connectivity index is 2.62. The van der Waals surface area contributed by atoms with E-state index in [9.17, 15) is 0 Å². The molecule has 0 heterocycles. The van der Waals surface area contributed by atoms with Gasteiger partial charge in [-0.1, -0.05) is 76.4 Å². The standard InChI is InChI=1S/C19H21Br/c1-5-16-12-14(3)8-11-18(16)19(15(4)20)17-9-6-13(2)7-10-17/h6-12H,5H2,1-4H3/b19-15+. The first-order valence-corrected chi connectivity index (χ1v) is 7.85. The van der Waals surface area contributed by atoms with Crippen LogP contribution in [0.2, 0.25) is 0 Å². The first kappa shape index (κ1) is 15.1. The van der Waals surface area contributed by atoms with E-state index in [0.29, 0.717) is 0 Å². The molecule has 0 aliphatic carbocycles. The van der Waals surface area contributed by atoms with E-state index in [0.717, 1.165) is 6.42 Å². The smallest absolute Gasteiger partial charge is 0.000410 e. The van der Waals surface area contributed by atoms with Gasteiger partial charge in [-0.25, -0.2) is 0 Å². The van der Waals surface area contributed by atoms with Crippen molar-refractivity contribution in [2.45, 2.75) is 34.1 Å². The zero-order valence-electron chi connectivity index (χ0n) is 12.6. The van der Waals surface area contributed by atoms with Gasteiger partial charge in [-0.15, -0.1) is 0 Å². The van der Waals surface area contributed by atoms with Crippen LogP contribution in [0.15, 0.2) is 46.9 Å². The van der Waals surface area contributed by atoms with E-state index in [1.165, 1.54) is 37.9 Å². The number of allylic oxidation sites excluding steroid dienone is 1. The third kappa shape index (κ3) is 3.21. The summed E-state index contributed by atoms with van der Waals surface area (Å²) in [6.07, 6.45) is 1.05. The molecule has 2 rings (SSSR count). The highest BCUT2D eigenvalue weighted by molar-refractivity contribution is 9.11. The van der Waals surface area contributed by atoms with Crippen molar-refractivity contribution in [2.24, 2.45) is 0 Å². The molecule has 0 aliphatic heterocycles. The molecule has 0 bridgehead atoms. The average Bonchev–Trinajstić information content (AvgIpc) is 2.42. The summed E-state index contributed by atoms with van der Waals surface area (Å²) in [5.41, 5.74) is 7.90. The Hall–Kier alpha value is -1.34. The predicted molar refractivity (Wildman–Crippen MR) is 92.4 cm³/mol. The van der Waals surface area contributed by atoms with Crippen molar-refractivity contribution in [3.63, 3.8) is 0 Å². The summed E-state index contributed by atoms with van der Waals surface area (Å²) < 4.78 is 1.18. The van der Waals surface area contributed by atoms with Crippen LogP contribution in [0.25, 0.3) is 5.57 Å². The molecule has 0 fully saturated rings. The van der Waals surface area contributed by atoms with Gasteiger partial charge in [-0.3, -0.25) is 0 Å². The lowest BCUT2D eigenvalue weighted by molar-refractivity contribution is 1.12. The molecule has 0 aliphatic rings. The Morgan fingerprint density at radius 3 is 2.10 bits per heavy atom. The molecule has 0 atom stereocenters. The molecule has 2 aromatic rings. The van der Waals surface area contributed by atoms with E-state index in [1.54, 1.807) is 0 Å². The fraction of sp³-hybridized carbons (Fsp3) is 0.263. The normalized spacial score (nSPS) is 12.2. The second-order valence-corrected chi connectivity index (χ2v) is 6.48. The van der Waals surface area contributed by atoms with Gasteiger partial charge in [0.2, 0.25) is 0 Å². The van der Waals surface area contributed by atoms with Crippen LogP contribution < -0.4 is 0 Å². The lowest BCUT2D eigenvalue weighted by atomic mass is 9.91. The van der Waals surface area contributed by atoms with Crippen molar-refractivity contribution in [3.8, 4) is 0 Å². The fourth-order valence-electron chi connectivity index (χ4n) is 2.52. The molecular weight excluding hydrogens is 308 g/mol. The summed E-state index contributed by atoms with van der Waals surface area (Å²) in [5.74, 6) is 0. The van der Waals surface area contributed by atoms with Crippen LogP contribution in [0.3, 0.4) is 0 Å². The maximum Gasteiger partial charge on any atom is 0.000410 e. The summed E-state index contributed by atoms with van der Waals surface area (Å²) in [5, 5.41) is 0. The van der Waals surface area contributed by atoms with Gasteiger partial charge in [0.1, 0.15) is 0 Å². The highest BCUT2D eigenvalue weighted by atomic mass is 79.9. The monoisotopic (exact) mass is 328 g/mol. The van der Waals surface area contributed by atoms with Gasteiger partial charge in [0.05, 0.1) is 0 Å². The molecule has 0 amide bonds. The van der Waals surface area contributed by atoms with E-state index in [4.69, 9.17) is 0 Å². The van der Waals surface area contributed by atoms with Crippen molar-refractivity contribution >= 4 is 21.5 Å². The summed E-state index contributed by atoms with van der Waals surface area (Å²) >= 11 is 3.69. The van der Waals surface area contributed by atoms with Crippen molar-refractivity contribution in [3.05, 3.63) is 74.8 Å². The SMILES string of the molecule is CCc1cc(C)ccc1/C(=C(\C)Br)c1ccc(C)cc1. The topological polar surface area (TPSA) is 0 Å². The van der Waals surface area contributed by atoms with E-state index in [-0.39, 0.29) is 0 Å². The minimum Gasteiger partial charge on any atom is -0.0613 e. The number of benzene rings is 2. The summed E-state index contributed by atoms with van der Waals surface area (Å²) in [6.45, 7) is 8.61. The zero-order chi connectivity index (χ0) is 14.7. The molecule has 2 aromatic carbocycles.